The summed E-state index contributed by atoms with van der Waals surface area (Å²) in [4.78, 5) is 0. The van der Waals surface area contributed by atoms with Gasteiger partial charge in [0.05, 0.1) is 17.0 Å². The monoisotopic (exact) mass is 310 g/mol. The highest BCUT2D eigenvalue weighted by Crippen LogP contribution is 2.32. The molecule has 0 aromatic carbocycles. The van der Waals surface area contributed by atoms with Gasteiger partial charge < -0.3 is 10.5 Å². The summed E-state index contributed by atoms with van der Waals surface area (Å²) in [6, 6.07) is 1.61. The zero-order valence-electron chi connectivity index (χ0n) is 9.93. The van der Waals surface area contributed by atoms with Crippen molar-refractivity contribution in [3.8, 4) is 0 Å². The van der Waals surface area contributed by atoms with E-state index in [2.05, 4.69) is 0 Å². The fourth-order valence-corrected chi connectivity index (χ4v) is 5.06. The van der Waals surface area contributed by atoms with Gasteiger partial charge in [0.25, 0.3) is 10.0 Å². The predicted molar refractivity (Wildman–Crippen MR) is 71.6 cm³/mol. The molecule has 102 valence electrons. The Bertz CT molecular complexity index is 510. The average Bonchev–Trinajstić information content (AvgIpc) is 2.70. The van der Waals surface area contributed by atoms with Crippen molar-refractivity contribution in [3.63, 3.8) is 0 Å². The molecule has 0 bridgehead atoms. The number of halogens is 1. The van der Waals surface area contributed by atoms with E-state index < -0.39 is 10.0 Å². The van der Waals surface area contributed by atoms with Crippen LogP contribution in [0.4, 0.5) is 0 Å². The van der Waals surface area contributed by atoms with E-state index in [9.17, 15) is 8.42 Å². The largest absolute Gasteiger partial charge is 0.374 e. The SMILES string of the molecule is Cc1cc(S(=O)(=O)N2CCOC(CN)C2)sc1Cl. The Hall–Kier alpha value is -0.180. The fraction of sp³-hybridized carbons (Fsp3) is 0.600. The lowest BCUT2D eigenvalue weighted by Crippen LogP contribution is -2.47. The standard InChI is InChI=1S/C10H15ClN2O3S2/c1-7-4-9(17-10(7)11)18(14,15)13-2-3-16-8(5-12)6-13/h4,8H,2-3,5-6,12H2,1H3. The number of hydrogen-bond donors (Lipinski definition) is 1. The maximum absolute atomic E-state index is 12.4. The van der Waals surface area contributed by atoms with Crippen LogP contribution in [0.3, 0.4) is 0 Å². The molecule has 1 aromatic heterocycles. The Morgan fingerprint density at radius 1 is 1.67 bits per heavy atom. The number of morpholine rings is 1. The highest BCUT2D eigenvalue weighted by molar-refractivity contribution is 7.91. The third-order valence-corrected chi connectivity index (χ3v) is 6.66. The van der Waals surface area contributed by atoms with Gasteiger partial charge in [0.15, 0.2) is 0 Å². The quantitative estimate of drug-likeness (QED) is 0.906. The Morgan fingerprint density at radius 3 is 2.94 bits per heavy atom. The number of nitrogens with zero attached hydrogens (tertiary/aromatic N) is 1. The van der Waals surface area contributed by atoms with E-state index >= 15 is 0 Å². The summed E-state index contributed by atoms with van der Waals surface area (Å²) in [6.07, 6.45) is -0.231. The van der Waals surface area contributed by atoms with Gasteiger partial charge in [0, 0.05) is 19.6 Å². The van der Waals surface area contributed by atoms with Crippen LogP contribution in [0.5, 0.6) is 0 Å². The van der Waals surface area contributed by atoms with E-state index in [1.54, 1.807) is 13.0 Å². The lowest BCUT2D eigenvalue weighted by atomic mass is 10.3. The van der Waals surface area contributed by atoms with Crippen LogP contribution in [-0.2, 0) is 14.8 Å². The Morgan fingerprint density at radius 2 is 2.39 bits per heavy atom. The molecule has 1 aromatic rings. The molecule has 2 heterocycles. The van der Waals surface area contributed by atoms with Crippen LogP contribution in [0, 0.1) is 6.92 Å². The van der Waals surface area contributed by atoms with Crippen molar-refractivity contribution in [2.45, 2.75) is 17.2 Å². The molecule has 1 atom stereocenters. The minimum absolute atomic E-state index is 0.231. The van der Waals surface area contributed by atoms with Crippen LogP contribution in [0.25, 0.3) is 0 Å². The molecule has 5 nitrogen and oxygen atoms in total. The molecule has 1 unspecified atom stereocenters. The number of sulfonamides is 1. The number of aryl methyl sites for hydroxylation is 1. The van der Waals surface area contributed by atoms with Crippen molar-refractivity contribution in [1.29, 1.82) is 0 Å². The van der Waals surface area contributed by atoms with Crippen molar-refractivity contribution in [3.05, 3.63) is 16.0 Å². The summed E-state index contributed by atoms with van der Waals surface area (Å²) in [6.45, 7) is 3.14. The zero-order chi connectivity index (χ0) is 13.3. The second kappa shape index (κ2) is 5.44. The van der Waals surface area contributed by atoms with Crippen molar-refractivity contribution in [1.82, 2.24) is 4.31 Å². The van der Waals surface area contributed by atoms with E-state index in [0.717, 1.165) is 16.9 Å². The molecule has 18 heavy (non-hydrogen) atoms. The third-order valence-electron chi connectivity index (χ3n) is 2.79. The maximum atomic E-state index is 12.4. The lowest BCUT2D eigenvalue weighted by Gasteiger charge is -2.31. The molecule has 0 spiro atoms. The second-order valence-corrected chi connectivity index (χ2v) is 7.93. The molecule has 0 radical (unpaired) electrons. The highest BCUT2D eigenvalue weighted by atomic mass is 35.5. The minimum Gasteiger partial charge on any atom is -0.374 e. The molecule has 0 aliphatic carbocycles. The zero-order valence-corrected chi connectivity index (χ0v) is 12.3. The van der Waals surface area contributed by atoms with Crippen molar-refractivity contribution >= 4 is 33.0 Å². The van der Waals surface area contributed by atoms with E-state index in [1.165, 1.54) is 4.31 Å². The number of rotatable bonds is 3. The minimum atomic E-state index is -3.47. The van der Waals surface area contributed by atoms with Crippen LogP contribution in [-0.4, -0.2) is 45.1 Å². The Kier molecular flexibility index (Phi) is 4.30. The normalized spacial score (nSPS) is 22.3. The van der Waals surface area contributed by atoms with Gasteiger partial charge in [-0.25, -0.2) is 8.42 Å². The van der Waals surface area contributed by atoms with Crippen LogP contribution >= 0.6 is 22.9 Å². The van der Waals surface area contributed by atoms with E-state index in [-0.39, 0.29) is 10.3 Å². The molecular weight excluding hydrogens is 296 g/mol. The first-order chi connectivity index (χ1) is 8.45. The Labute approximate surface area is 116 Å². The van der Waals surface area contributed by atoms with Crippen molar-refractivity contribution < 1.29 is 13.2 Å². The smallest absolute Gasteiger partial charge is 0.252 e. The molecule has 2 N–H and O–H groups in total. The van der Waals surface area contributed by atoms with Gasteiger partial charge in [-0.3, -0.25) is 0 Å². The van der Waals surface area contributed by atoms with Gasteiger partial charge in [0.2, 0.25) is 0 Å². The topological polar surface area (TPSA) is 72.6 Å². The van der Waals surface area contributed by atoms with Gasteiger partial charge in [-0.15, -0.1) is 11.3 Å². The first-order valence-electron chi connectivity index (χ1n) is 5.53. The van der Waals surface area contributed by atoms with E-state index in [0.29, 0.717) is 30.6 Å². The van der Waals surface area contributed by atoms with E-state index in [1.807, 2.05) is 0 Å². The molecule has 2 rings (SSSR count). The third kappa shape index (κ3) is 2.71. The molecule has 1 saturated heterocycles. The Balaban J connectivity index is 2.25. The first kappa shape index (κ1) is 14.2. The fourth-order valence-electron chi connectivity index (χ4n) is 1.74. The molecular formula is C10H15ClN2O3S2. The molecule has 8 heteroatoms. The van der Waals surface area contributed by atoms with Gasteiger partial charge in [0.1, 0.15) is 4.21 Å². The highest BCUT2D eigenvalue weighted by Gasteiger charge is 2.31. The van der Waals surface area contributed by atoms with Crippen LogP contribution in [0.1, 0.15) is 5.56 Å². The van der Waals surface area contributed by atoms with E-state index in [4.69, 9.17) is 22.1 Å². The summed E-state index contributed by atoms with van der Waals surface area (Å²) >= 11 is 7.01. The predicted octanol–water partition coefficient (Wildman–Crippen LogP) is 1.06. The van der Waals surface area contributed by atoms with Crippen molar-refractivity contribution in [2.24, 2.45) is 5.73 Å². The summed E-state index contributed by atoms with van der Waals surface area (Å²) in [5.41, 5.74) is 6.29. The van der Waals surface area contributed by atoms with Crippen LogP contribution in [0.2, 0.25) is 4.34 Å². The van der Waals surface area contributed by atoms with Gasteiger partial charge in [-0.1, -0.05) is 11.6 Å². The maximum Gasteiger partial charge on any atom is 0.252 e. The molecule has 1 fully saturated rings. The van der Waals surface area contributed by atoms with Gasteiger partial charge in [-0.2, -0.15) is 4.31 Å². The summed E-state index contributed by atoms with van der Waals surface area (Å²) in [5, 5.41) is 0. The summed E-state index contributed by atoms with van der Waals surface area (Å²) in [7, 11) is -3.47. The first-order valence-corrected chi connectivity index (χ1v) is 8.16. The second-order valence-electron chi connectivity index (χ2n) is 4.11. The molecule has 0 saturated carbocycles. The van der Waals surface area contributed by atoms with Crippen LogP contribution < -0.4 is 5.73 Å². The van der Waals surface area contributed by atoms with Crippen LogP contribution in [0.15, 0.2) is 10.3 Å². The van der Waals surface area contributed by atoms with Crippen molar-refractivity contribution in [2.75, 3.05) is 26.2 Å². The summed E-state index contributed by atoms with van der Waals surface area (Å²) < 4.78 is 32.4. The number of ether oxygens (including phenoxy) is 1. The lowest BCUT2D eigenvalue weighted by molar-refractivity contribution is 0.00456. The van der Waals surface area contributed by atoms with Gasteiger partial charge in [-0.05, 0) is 18.6 Å². The summed E-state index contributed by atoms with van der Waals surface area (Å²) in [5.74, 6) is 0. The van der Waals surface area contributed by atoms with Gasteiger partial charge >= 0.3 is 0 Å². The number of nitrogens with two attached hydrogens (primary N) is 1. The molecule has 1 aliphatic heterocycles. The average molecular weight is 311 g/mol. The number of thiophene rings is 1. The number of hydrogen-bond acceptors (Lipinski definition) is 5. The molecule has 0 amide bonds. The molecule has 1 aliphatic rings.